The lowest BCUT2D eigenvalue weighted by atomic mass is 10.1. The number of ether oxygens (including phenoxy) is 1. The molecule has 20 heavy (non-hydrogen) atoms. The molecule has 2 N–H and O–H groups in total. The van der Waals surface area contributed by atoms with Crippen LogP contribution in [0, 0.1) is 0 Å². The van der Waals surface area contributed by atoms with Crippen LogP contribution in [-0.2, 0) is 14.3 Å². The Balaban J connectivity index is 1.92. The summed E-state index contributed by atoms with van der Waals surface area (Å²) in [5.74, 6) is 1.99. The van der Waals surface area contributed by atoms with Crippen LogP contribution in [0.3, 0.4) is 0 Å². The molecule has 0 saturated carbocycles. The van der Waals surface area contributed by atoms with Crippen LogP contribution in [-0.4, -0.2) is 73.2 Å². The number of carbonyl (C=O) groups excluding carboxylic acids is 2. The molecule has 0 aromatic heterocycles. The summed E-state index contributed by atoms with van der Waals surface area (Å²) in [5, 5.41) is 6.13. The van der Waals surface area contributed by atoms with Crippen molar-refractivity contribution in [3.63, 3.8) is 0 Å². The number of amides is 2. The van der Waals surface area contributed by atoms with Gasteiger partial charge in [0.15, 0.2) is 0 Å². The molecule has 6 nitrogen and oxygen atoms in total. The summed E-state index contributed by atoms with van der Waals surface area (Å²) >= 11 is 1.87. The summed E-state index contributed by atoms with van der Waals surface area (Å²) in [6.45, 7) is 4.69. The fraction of sp³-hybridized carbons (Fsp3) is 0.846. The largest absolute Gasteiger partial charge is 0.377 e. The zero-order valence-electron chi connectivity index (χ0n) is 11.9. The normalized spacial score (nSPS) is 27.1. The van der Waals surface area contributed by atoms with Crippen LogP contribution >= 0.6 is 11.8 Å². The summed E-state index contributed by atoms with van der Waals surface area (Å²) in [6, 6.07) is -0.258. The van der Waals surface area contributed by atoms with Crippen LogP contribution in [0.5, 0.6) is 0 Å². The van der Waals surface area contributed by atoms with Crippen LogP contribution in [0.1, 0.15) is 13.3 Å². The molecule has 0 radical (unpaired) electrons. The van der Waals surface area contributed by atoms with Gasteiger partial charge in [0.1, 0.15) is 6.04 Å². The average molecular weight is 301 g/mol. The Morgan fingerprint density at radius 2 is 2.35 bits per heavy atom. The van der Waals surface area contributed by atoms with Crippen LogP contribution in [0.4, 0.5) is 0 Å². The molecule has 2 fully saturated rings. The zero-order valence-corrected chi connectivity index (χ0v) is 12.7. The Morgan fingerprint density at radius 3 is 3.05 bits per heavy atom. The van der Waals surface area contributed by atoms with Crippen molar-refractivity contribution in [2.75, 3.05) is 44.4 Å². The molecule has 2 amide bonds. The van der Waals surface area contributed by atoms with Crippen molar-refractivity contribution in [1.82, 2.24) is 15.5 Å². The van der Waals surface area contributed by atoms with Gasteiger partial charge in [0.25, 0.3) is 0 Å². The van der Waals surface area contributed by atoms with E-state index in [-0.39, 0.29) is 17.9 Å². The minimum Gasteiger partial charge on any atom is -0.377 e. The topological polar surface area (TPSA) is 70.7 Å². The predicted molar refractivity (Wildman–Crippen MR) is 78.7 cm³/mol. The lowest BCUT2D eigenvalue weighted by Gasteiger charge is -2.35. The highest BCUT2D eigenvalue weighted by Gasteiger charge is 2.33. The number of nitrogens with zero attached hydrogens (tertiary/aromatic N) is 1. The number of nitrogens with one attached hydrogen (secondary N) is 2. The van der Waals surface area contributed by atoms with Crippen molar-refractivity contribution in [1.29, 1.82) is 0 Å². The van der Waals surface area contributed by atoms with Crippen molar-refractivity contribution in [2.24, 2.45) is 0 Å². The minimum atomic E-state index is -0.479. The first-order valence-electron chi connectivity index (χ1n) is 7.18. The van der Waals surface area contributed by atoms with Gasteiger partial charge in [-0.3, -0.25) is 9.59 Å². The molecule has 2 aliphatic rings. The van der Waals surface area contributed by atoms with Gasteiger partial charge in [0, 0.05) is 43.6 Å². The van der Waals surface area contributed by atoms with Crippen molar-refractivity contribution in [3.05, 3.63) is 0 Å². The maximum Gasteiger partial charge on any atom is 0.245 e. The number of morpholine rings is 1. The van der Waals surface area contributed by atoms with Gasteiger partial charge in [-0.1, -0.05) is 0 Å². The zero-order chi connectivity index (χ0) is 14.4. The lowest BCUT2D eigenvalue weighted by molar-refractivity contribution is -0.148. The second-order valence-corrected chi connectivity index (χ2v) is 6.15. The molecule has 0 aromatic carbocycles. The van der Waals surface area contributed by atoms with E-state index in [0.29, 0.717) is 32.7 Å². The number of rotatable bonds is 4. The van der Waals surface area contributed by atoms with Gasteiger partial charge in [-0.2, -0.15) is 11.8 Å². The Morgan fingerprint density at radius 1 is 1.50 bits per heavy atom. The highest BCUT2D eigenvalue weighted by Crippen LogP contribution is 2.14. The van der Waals surface area contributed by atoms with E-state index in [1.807, 2.05) is 18.7 Å². The monoisotopic (exact) mass is 301 g/mol. The summed E-state index contributed by atoms with van der Waals surface area (Å²) in [7, 11) is 0. The average Bonchev–Trinajstić information content (AvgIpc) is 2.48. The molecular formula is C13H23N3O3S. The highest BCUT2D eigenvalue weighted by atomic mass is 32.2. The predicted octanol–water partition coefficient (Wildman–Crippen LogP) is -0.555. The highest BCUT2D eigenvalue weighted by molar-refractivity contribution is 7.99. The van der Waals surface area contributed by atoms with Crippen molar-refractivity contribution in [3.8, 4) is 0 Å². The van der Waals surface area contributed by atoms with E-state index in [1.165, 1.54) is 0 Å². The Labute approximate surface area is 124 Å². The maximum atomic E-state index is 12.4. The number of hydrogen-bond acceptors (Lipinski definition) is 5. The Kier molecular flexibility index (Phi) is 6.12. The van der Waals surface area contributed by atoms with Gasteiger partial charge in [-0.25, -0.2) is 0 Å². The standard InChI is InChI=1S/C13H23N3O3S/c1-2-14-13(18)11-8-19-5-4-16(11)12(17)7-10-9-20-6-3-15-10/h10-11,15H,2-9H2,1H3,(H,14,18). The van der Waals surface area contributed by atoms with Crippen LogP contribution in [0.15, 0.2) is 0 Å². The van der Waals surface area contributed by atoms with Crippen molar-refractivity contribution in [2.45, 2.75) is 25.4 Å². The number of carbonyl (C=O) groups is 2. The number of likely N-dealkylation sites (N-methyl/N-ethyl adjacent to an activating group) is 1. The Bertz CT molecular complexity index is 348. The smallest absolute Gasteiger partial charge is 0.245 e. The molecule has 2 aliphatic heterocycles. The van der Waals surface area contributed by atoms with Gasteiger partial charge in [0.05, 0.1) is 13.2 Å². The first kappa shape index (κ1) is 15.6. The Hall–Kier alpha value is -0.790. The third kappa shape index (κ3) is 4.10. The first-order chi connectivity index (χ1) is 9.72. The van der Waals surface area contributed by atoms with Gasteiger partial charge >= 0.3 is 0 Å². The molecule has 2 heterocycles. The van der Waals surface area contributed by atoms with Gasteiger partial charge < -0.3 is 20.3 Å². The summed E-state index contributed by atoms with van der Waals surface area (Å²) < 4.78 is 5.35. The van der Waals surface area contributed by atoms with E-state index in [1.54, 1.807) is 4.90 Å². The third-order valence-corrected chi connectivity index (χ3v) is 4.65. The molecule has 2 rings (SSSR count). The maximum absolute atomic E-state index is 12.4. The lowest BCUT2D eigenvalue weighted by Crippen LogP contribution is -2.57. The van der Waals surface area contributed by atoms with E-state index in [2.05, 4.69) is 10.6 Å². The number of thioether (sulfide) groups is 1. The van der Waals surface area contributed by atoms with Crippen LogP contribution in [0.25, 0.3) is 0 Å². The minimum absolute atomic E-state index is 0.0459. The van der Waals surface area contributed by atoms with Crippen molar-refractivity contribution < 1.29 is 14.3 Å². The molecule has 0 aromatic rings. The fourth-order valence-electron chi connectivity index (χ4n) is 2.49. The molecule has 0 aliphatic carbocycles. The van der Waals surface area contributed by atoms with Gasteiger partial charge in [0.2, 0.25) is 11.8 Å². The summed E-state index contributed by atoms with van der Waals surface area (Å²) in [4.78, 5) is 26.1. The van der Waals surface area contributed by atoms with E-state index in [0.717, 1.165) is 18.1 Å². The SMILES string of the molecule is CCNC(=O)C1COCCN1C(=O)CC1CSCCN1. The van der Waals surface area contributed by atoms with Gasteiger partial charge in [-0.05, 0) is 6.92 Å². The molecule has 7 heteroatoms. The van der Waals surface area contributed by atoms with Gasteiger partial charge in [-0.15, -0.1) is 0 Å². The third-order valence-electron chi connectivity index (χ3n) is 3.52. The molecule has 0 bridgehead atoms. The molecule has 2 atom stereocenters. The van der Waals surface area contributed by atoms with E-state index in [4.69, 9.17) is 4.74 Å². The molecule has 114 valence electrons. The number of hydrogen-bond donors (Lipinski definition) is 2. The first-order valence-corrected chi connectivity index (χ1v) is 8.34. The quantitative estimate of drug-likeness (QED) is 0.729. The van der Waals surface area contributed by atoms with E-state index in [9.17, 15) is 9.59 Å². The van der Waals surface area contributed by atoms with Crippen LogP contribution < -0.4 is 10.6 Å². The molecule has 2 saturated heterocycles. The second-order valence-electron chi connectivity index (χ2n) is 5.00. The molecule has 0 spiro atoms. The fourth-order valence-corrected chi connectivity index (χ4v) is 3.44. The summed E-state index contributed by atoms with van der Waals surface area (Å²) in [6.07, 6.45) is 0.461. The van der Waals surface area contributed by atoms with Crippen LogP contribution in [0.2, 0.25) is 0 Å². The molecular weight excluding hydrogens is 278 g/mol. The molecule has 2 unspecified atom stereocenters. The van der Waals surface area contributed by atoms with Crippen molar-refractivity contribution >= 4 is 23.6 Å². The van der Waals surface area contributed by atoms with E-state index >= 15 is 0 Å². The van der Waals surface area contributed by atoms with E-state index < -0.39 is 6.04 Å². The summed E-state index contributed by atoms with van der Waals surface area (Å²) in [5.41, 5.74) is 0. The second kappa shape index (κ2) is 7.85.